The van der Waals surface area contributed by atoms with Gasteiger partial charge in [-0.05, 0) is 48.6 Å². The average molecular weight is 269 g/mol. The lowest BCUT2D eigenvalue weighted by molar-refractivity contribution is 0.408. The van der Waals surface area contributed by atoms with E-state index in [9.17, 15) is 0 Å². The summed E-state index contributed by atoms with van der Waals surface area (Å²) in [6.45, 7) is 0.768. The molecule has 104 valence electrons. The van der Waals surface area contributed by atoms with Crippen molar-refractivity contribution in [2.24, 2.45) is 0 Å². The van der Waals surface area contributed by atoms with Crippen LogP contribution in [0.1, 0.15) is 35.7 Å². The minimum atomic E-state index is 0.379. The second kappa shape index (κ2) is 6.01. The number of ether oxygens (including phenoxy) is 1. The predicted molar refractivity (Wildman–Crippen MR) is 77.5 cm³/mol. The molecular formula is C16H19N3O. The van der Waals surface area contributed by atoms with Crippen LogP contribution in [0.3, 0.4) is 0 Å². The fourth-order valence-corrected chi connectivity index (χ4v) is 2.77. The number of nitrogens with zero attached hydrogens (tertiary/aromatic N) is 2. The molecule has 4 nitrogen and oxygen atoms in total. The van der Waals surface area contributed by atoms with E-state index in [-0.39, 0.29) is 0 Å². The zero-order valence-electron chi connectivity index (χ0n) is 11.7. The first-order valence-electron chi connectivity index (χ1n) is 7.02. The molecule has 0 bridgehead atoms. The van der Waals surface area contributed by atoms with Crippen molar-refractivity contribution in [2.45, 2.75) is 31.8 Å². The lowest BCUT2D eigenvalue weighted by atomic mass is 9.87. The van der Waals surface area contributed by atoms with Gasteiger partial charge in [-0.3, -0.25) is 0 Å². The van der Waals surface area contributed by atoms with Crippen LogP contribution in [0, 0.1) is 0 Å². The first kappa shape index (κ1) is 13.1. The Bertz CT molecular complexity index is 571. The van der Waals surface area contributed by atoms with Crippen molar-refractivity contribution in [2.75, 3.05) is 7.11 Å². The lowest BCUT2D eigenvalue weighted by Crippen LogP contribution is -2.25. The molecule has 1 unspecified atom stereocenters. The van der Waals surface area contributed by atoms with Gasteiger partial charge in [0.15, 0.2) is 0 Å². The zero-order chi connectivity index (χ0) is 13.8. The third-order valence-electron chi connectivity index (χ3n) is 3.84. The number of methoxy groups -OCH3 is 1. The van der Waals surface area contributed by atoms with E-state index in [0.717, 1.165) is 30.8 Å². The maximum Gasteiger partial charge on any atom is 0.119 e. The first-order valence-corrected chi connectivity index (χ1v) is 7.02. The molecule has 20 heavy (non-hydrogen) atoms. The second-order valence-corrected chi connectivity index (χ2v) is 5.09. The van der Waals surface area contributed by atoms with E-state index in [1.54, 1.807) is 19.6 Å². The third kappa shape index (κ3) is 2.80. The summed E-state index contributed by atoms with van der Waals surface area (Å²) in [5.41, 5.74) is 3.82. The molecule has 1 aliphatic carbocycles. The number of hydrogen-bond acceptors (Lipinski definition) is 4. The second-order valence-electron chi connectivity index (χ2n) is 5.09. The van der Waals surface area contributed by atoms with Gasteiger partial charge in [0.1, 0.15) is 12.1 Å². The van der Waals surface area contributed by atoms with Gasteiger partial charge >= 0.3 is 0 Å². The van der Waals surface area contributed by atoms with Crippen LogP contribution in [0.5, 0.6) is 5.75 Å². The van der Waals surface area contributed by atoms with Gasteiger partial charge in [-0.1, -0.05) is 6.07 Å². The molecule has 1 aromatic carbocycles. The SMILES string of the molecule is COc1ccc2c(c1)C(NCc1ccncn1)CCC2. The quantitative estimate of drug-likeness (QED) is 0.927. The molecule has 4 heteroatoms. The standard InChI is InChI=1S/C16H19N3O/c1-20-14-6-5-12-3-2-4-16(15(12)9-14)18-10-13-7-8-17-11-19-13/h5-9,11,16,18H,2-4,10H2,1H3. The number of aromatic nitrogens is 2. The number of rotatable bonds is 4. The summed E-state index contributed by atoms with van der Waals surface area (Å²) in [7, 11) is 1.72. The molecule has 0 saturated carbocycles. The molecule has 1 aromatic heterocycles. The maximum atomic E-state index is 5.34. The minimum Gasteiger partial charge on any atom is -0.497 e. The Hall–Kier alpha value is -1.94. The maximum absolute atomic E-state index is 5.34. The minimum absolute atomic E-state index is 0.379. The van der Waals surface area contributed by atoms with Gasteiger partial charge in [-0.2, -0.15) is 0 Å². The number of hydrogen-bond donors (Lipinski definition) is 1. The van der Waals surface area contributed by atoms with Gasteiger partial charge in [0.25, 0.3) is 0 Å². The highest BCUT2D eigenvalue weighted by atomic mass is 16.5. The molecule has 3 rings (SSSR count). The molecule has 1 atom stereocenters. The number of fused-ring (bicyclic) bond motifs is 1. The van der Waals surface area contributed by atoms with Gasteiger partial charge < -0.3 is 10.1 Å². The molecule has 1 N–H and O–H groups in total. The first-order chi connectivity index (χ1) is 9.86. The van der Waals surface area contributed by atoms with Crippen LogP contribution in [-0.4, -0.2) is 17.1 Å². The predicted octanol–water partition coefficient (Wildman–Crippen LogP) is 2.65. The summed E-state index contributed by atoms with van der Waals surface area (Å²) >= 11 is 0. The summed E-state index contributed by atoms with van der Waals surface area (Å²) in [6.07, 6.45) is 6.91. The molecule has 0 spiro atoms. The molecule has 0 saturated heterocycles. The van der Waals surface area contributed by atoms with Crippen LogP contribution in [0.15, 0.2) is 36.8 Å². The molecule has 1 heterocycles. The Morgan fingerprint density at radius 1 is 1.35 bits per heavy atom. The summed E-state index contributed by atoms with van der Waals surface area (Å²) < 4.78 is 5.34. The third-order valence-corrected chi connectivity index (χ3v) is 3.84. The molecule has 0 aliphatic heterocycles. The van der Waals surface area contributed by atoms with Crippen molar-refractivity contribution in [3.05, 3.63) is 53.6 Å². The highest BCUT2D eigenvalue weighted by Gasteiger charge is 2.20. The largest absolute Gasteiger partial charge is 0.497 e. The van der Waals surface area contributed by atoms with E-state index in [4.69, 9.17) is 4.74 Å². The van der Waals surface area contributed by atoms with Crippen molar-refractivity contribution in [1.82, 2.24) is 15.3 Å². The van der Waals surface area contributed by atoms with Crippen molar-refractivity contribution < 1.29 is 4.74 Å². The Kier molecular flexibility index (Phi) is 3.92. The van der Waals surface area contributed by atoms with Gasteiger partial charge in [-0.15, -0.1) is 0 Å². The number of benzene rings is 1. The highest BCUT2D eigenvalue weighted by Crippen LogP contribution is 2.32. The Morgan fingerprint density at radius 3 is 3.10 bits per heavy atom. The van der Waals surface area contributed by atoms with E-state index in [1.807, 2.05) is 12.1 Å². The van der Waals surface area contributed by atoms with E-state index in [1.165, 1.54) is 17.5 Å². The van der Waals surface area contributed by atoms with Gasteiger partial charge in [0.05, 0.1) is 12.8 Å². The lowest BCUT2D eigenvalue weighted by Gasteiger charge is -2.27. The van der Waals surface area contributed by atoms with E-state index >= 15 is 0 Å². The molecular weight excluding hydrogens is 250 g/mol. The van der Waals surface area contributed by atoms with Crippen molar-refractivity contribution in [3.8, 4) is 5.75 Å². The van der Waals surface area contributed by atoms with Crippen LogP contribution in [0.2, 0.25) is 0 Å². The van der Waals surface area contributed by atoms with Crippen LogP contribution >= 0.6 is 0 Å². The summed E-state index contributed by atoms with van der Waals surface area (Å²) in [6, 6.07) is 8.72. The number of aryl methyl sites for hydroxylation is 1. The molecule has 0 amide bonds. The van der Waals surface area contributed by atoms with Crippen LogP contribution in [-0.2, 0) is 13.0 Å². The van der Waals surface area contributed by atoms with Crippen LogP contribution in [0.4, 0.5) is 0 Å². The Balaban J connectivity index is 1.75. The van der Waals surface area contributed by atoms with Crippen molar-refractivity contribution >= 4 is 0 Å². The fraction of sp³-hybridized carbons (Fsp3) is 0.375. The van der Waals surface area contributed by atoms with Gasteiger partial charge in [-0.25, -0.2) is 9.97 Å². The van der Waals surface area contributed by atoms with Crippen LogP contribution in [0.25, 0.3) is 0 Å². The monoisotopic (exact) mass is 269 g/mol. The summed E-state index contributed by atoms with van der Waals surface area (Å²) in [5.74, 6) is 0.930. The fourth-order valence-electron chi connectivity index (χ4n) is 2.77. The molecule has 0 radical (unpaired) electrons. The molecule has 0 fully saturated rings. The smallest absolute Gasteiger partial charge is 0.119 e. The van der Waals surface area contributed by atoms with Gasteiger partial charge in [0, 0.05) is 18.8 Å². The van der Waals surface area contributed by atoms with E-state index in [0.29, 0.717) is 6.04 Å². The average Bonchev–Trinajstić information content (AvgIpc) is 2.53. The topological polar surface area (TPSA) is 47.0 Å². The normalized spacial score (nSPS) is 17.6. The summed E-state index contributed by atoms with van der Waals surface area (Å²) in [4.78, 5) is 8.20. The van der Waals surface area contributed by atoms with Crippen molar-refractivity contribution in [1.29, 1.82) is 0 Å². The van der Waals surface area contributed by atoms with Gasteiger partial charge in [0.2, 0.25) is 0 Å². The zero-order valence-corrected chi connectivity index (χ0v) is 11.7. The Labute approximate surface area is 119 Å². The van der Waals surface area contributed by atoms with Crippen LogP contribution < -0.4 is 10.1 Å². The van der Waals surface area contributed by atoms with E-state index in [2.05, 4.69) is 27.4 Å². The molecule has 1 aliphatic rings. The highest BCUT2D eigenvalue weighted by molar-refractivity contribution is 5.39. The Morgan fingerprint density at radius 2 is 2.30 bits per heavy atom. The van der Waals surface area contributed by atoms with E-state index < -0.39 is 0 Å². The van der Waals surface area contributed by atoms with Crippen molar-refractivity contribution in [3.63, 3.8) is 0 Å². The molecule has 2 aromatic rings. The number of nitrogens with one attached hydrogen (secondary N) is 1. The summed E-state index contributed by atoms with van der Waals surface area (Å²) in [5, 5.41) is 3.60.